The number of halogens is 1. The van der Waals surface area contributed by atoms with Gasteiger partial charge in [-0.1, -0.05) is 41.9 Å². The second-order valence-electron chi connectivity index (χ2n) is 7.67. The number of nitrogens with one attached hydrogen (secondary N) is 1. The maximum atomic E-state index is 11.4. The van der Waals surface area contributed by atoms with Crippen LogP contribution in [0.25, 0.3) is 0 Å². The van der Waals surface area contributed by atoms with Gasteiger partial charge in [0.15, 0.2) is 0 Å². The Hall–Kier alpha value is -1.92. The molecule has 3 rings (SSSR count). The average Bonchev–Trinajstić information content (AvgIpc) is 2.93. The summed E-state index contributed by atoms with van der Waals surface area (Å²) in [5.74, 6) is -0.338. The van der Waals surface area contributed by atoms with Gasteiger partial charge in [0.05, 0.1) is 19.3 Å². The highest BCUT2D eigenvalue weighted by Crippen LogP contribution is 2.23. The first kappa shape index (κ1) is 22.8. The van der Waals surface area contributed by atoms with E-state index in [4.69, 9.17) is 21.1 Å². The predicted molar refractivity (Wildman–Crippen MR) is 118 cm³/mol. The zero-order valence-electron chi connectivity index (χ0n) is 17.4. The fraction of sp³-hybridized carbons (Fsp3) is 0.458. The summed E-state index contributed by atoms with van der Waals surface area (Å²) >= 11 is 6.03. The maximum Gasteiger partial charge on any atom is 0.332 e. The molecular formula is C24H30ClNO4. The van der Waals surface area contributed by atoms with E-state index in [9.17, 15) is 9.90 Å². The lowest BCUT2D eigenvalue weighted by atomic mass is 9.99. The van der Waals surface area contributed by atoms with Crippen LogP contribution in [0, 0.1) is 0 Å². The second kappa shape index (κ2) is 11.5. The number of aliphatic hydroxyl groups excluding tert-OH is 1. The van der Waals surface area contributed by atoms with Crippen molar-refractivity contribution in [3.05, 3.63) is 69.7 Å². The molecule has 0 aliphatic heterocycles. The maximum absolute atomic E-state index is 11.4. The molecule has 2 N–H and O–H groups in total. The molecule has 0 fully saturated rings. The van der Waals surface area contributed by atoms with Crippen molar-refractivity contribution in [1.29, 1.82) is 0 Å². The average molecular weight is 432 g/mol. The number of aliphatic hydroxyl groups is 1. The van der Waals surface area contributed by atoms with Crippen LogP contribution in [0.3, 0.4) is 0 Å². The summed E-state index contributed by atoms with van der Waals surface area (Å²) in [4.78, 5) is 11.4. The molecule has 0 saturated carbocycles. The standard InChI is InChI=1S/C24H30ClNO4/c1-2-30-24(28)16-29-15-17-9-10-18-5-4-8-22(13-20(18)11-17)26-14-23(27)19-6-3-7-21(25)12-19/h3,6-7,9-12,22-23,26-27H,2,4-5,8,13-16H2,1H3. The zero-order valence-corrected chi connectivity index (χ0v) is 18.2. The van der Waals surface area contributed by atoms with Crippen molar-refractivity contribution < 1.29 is 19.4 Å². The first-order valence-corrected chi connectivity index (χ1v) is 10.9. The minimum absolute atomic E-state index is 0.0313. The Bertz CT molecular complexity index is 842. The van der Waals surface area contributed by atoms with Gasteiger partial charge in [-0.2, -0.15) is 0 Å². The van der Waals surface area contributed by atoms with Gasteiger partial charge < -0.3 is 19.9 Å². The van der Waals surface area contributed by atoms with Crippen LogP contribution in [0.1, 0.15) is 48.1 Å². The van der Waals surface area contributed by atoms with Crippen LogP contribution < -0.4 is 5.32 Å². The molecular weight excluding hydrogens is 402 g/mol. The van der Waals surface area contributed by atoms with Crippen LogP contribution in [0.15, 0.2) is 42.5 Å². The Morgan fingerprint density at radius 2 is 2.13 bits per heavy atom. The van der Waals surface area contributed by atoms with E-state index in [0.29, 0.717) is 30.8 Å². The summed E-state index contributed by atoms with van der Waals surface area (Å²) in [6.45, 7) is 2.99. The fourth-order valence-electron chi connectivity index (χ4n) is 3.85. The third-order valence-corrected chi connectivity index (χ3v) is 5.60. The largest absolute Gasteiger partial charge is 0.464 e. The molecule has 0 spiro atoms. The van der Waals surface area contributed by atoms with Crippen molar-refractivity contribution in [3.63, 3.8) is 0 Å². The number of hydrogen-bond donors (Lipinski definition) is 2. The molecule has 2 unspecified atom stereocenters. The first-order valence-electron chi connectivity index (χ1n) is 10.6. The van der Waals surface area contributed by atoms with Gasteiger partial charge in [-0.15, -0.1) is 0 Å². The van der Waals surface area contributed by atoms with Gasteiger partial charge in [0.25, 0.3) is 0 Å². The smallest absolute Gasteiger partial charge is 0.332 e. The van der Waals surface area contributed by atoms with Gasteiger partial charge in [-0.05, 0) is 67.0 Å². The number of hydrogen-bond acceptors (Lipinski definition) is 5. The third-order valence-electron chi connectivity index (χ3n) is 5.36. The fourth-order valence-corrected chi connectivity index (χ4v) is 4.05. The molecule has 6 heteroatoms. The summed E-state index contributed by atoms with van der Waals surface area (Å²) in [5.41, 5.74) is 4.55. The highest BCUT2D eigenvalue weighted by molar-refractivity contribution is 6.30. The normalized spacial score (nSPS) is 17.1. The zero-order chi connectivity index (χ0) is 21.3. The van der Waals surface area contributed by atoms with Crippen LogP contribution in [-0.4, -0.2) is 36.9 Å². The lowest BCUT2D eigenvalue weighted by Crippen LogP contribution is -2.34. The SMILES string of the molecule is CCOC(=O)COCc1ccc2c(c1)CC(NCC(O)c1cccc(Cl)c1)CCC2. The molecule has 5 nitrogen and oxygen atoms in total. The van der Waals surface area contributed by atoms with Crippen LogP contribution in [0.4, 0.5) is 0 Å². The number of benzene rings is 2. The Balaban J connectivity index is 1.55. The van der Waals surface area contributed by atoms with Gasteiger partial charge in [0.1, 0.15) is 6.61 Å². The van der Waals surface area contributed by atoms with E-state index in [1.165, 1.54) is 11.1 Å². The topological polar surface area (TPSA) is 67.8 Å². The molecule has 162 valence electrons. The van der Waals surface area contributed by atoms with Crippen LogP contribution >= 0.6 is 11.6 Å². The summed E-state index contributed by atoms with van der Waals surface area (Å²) in [7, 11) is 0. The Kier molecular flexibility index (Phi) is 8.70. The Morgan fingerprint density at radius 1 is 1.27 bits per heavy atom. The van der Waals surface area contributed by atoms with E-state index < -0.39 is 6.10 Å². The molecule has 0 heterocycles. The highest BCUT2D eigenvalue weighted by Gasteiger charge is 2.18. The molecule has 1 aliphatic rings. The highest BCUT2D eigenvalue weighted by atomic mass is 35.5. The summed E-state index contributed by atoms with van der Waals surface area (Å²) in [6, 6.07) is 14.1. The summed E-state index contributed by atoms with van der Waals surface area (Å²) in [6.07, 6.45) is 3.54. The van der Waals surface area contributed by atoms with Crippen molar-refractivity contribution in [1.82, 2.24) is 5.32 Å². The number of ether oxygens (including phenoxy) is 2. The van der Waals surface area contributed by atoms with Crippen molar-refractivity contribution in [2.45, 2.75) is 51.4 Å². The van der Waals surface area contributed by atoms with Crippen LogP contribution in [0.2, 0.25) is 5.02 Å². The number of esters is 1. The lowest BCUT2D eigenvalue weighted by Gasteiger charge is -2.20. The lowest BCUT2D eigenvalue weighted by molar-refractivity contribution is -0.148. The molecule has 30 heavy (non-hydrogen) atoms. The van der Waals surface area contributed by atoms with E-state index in [0.717, 1.165) is 36.8 Å². The Labute approximate surface area is 183 Å². The molecule has 0 aromatic heterocycles. The minimum Gasteiger partial charge on any atom is -0.464 e. The molecule has 0 saturated heterocycles. The molecule has 1 aliphatic carbocycles. The van der Waals surface area contributed by atoms with Gasteiger partial charge in [-0.25, -0.2) is 4.79 Å². The summed E-state index contributed by atoms with van der Waals surface area (Å²) in [5, 5.41) is 14.6. The van der Waals surface area contributed by atoms with Gasteiger partial charge in [0, 0.05) is 17.6 Å². The predicted octanol–water partition coefficient (Wildman–Crippen LogP) is 3.99. The molecule has 0 radical (unpaired) electrons. The number of fused-ring (bicyclic) bond motifs is 1. The quantitative estimate of drug-likeness (QED) is 0.464. The van der Waals surface area contributed by atoms with Gasteiger partial charge in [-0.3, -0.25) is 0 Å². The van der Waals surface area contributed by atoms with Crippen molar-refractivity contribution >= 4 is 17.6 Å². The minimum atomic E-state index is -0.589. The van der Waals surface area contributed by atoms with E-state index in [2.05, 4.69) is 23.5 Å². The van der Waals surface area contributed by atoms with Gasteiger partial charge in [0.2, 0.25) is 0 Å². The number of rotatable bonds is 9. The molecule has 0 amide bonds. The number of carbonyl (C=O) groups excluding carboxylic acids is 1. The van der Waals surface area contributed by atoms with Crippen LogP contribution in [-0.2, 0) is 33.7 Å². The molecule has 2 aromatic carbocycles. The van der Waals surface area contributed by atoms with E-state index in [1.807, 2.05) is 18.2 Å². The molecule has 0 bridgehead atoms. The summed E-state index contributed by atoms with van der Waals surface area (Å²) < 4.78 is 10.4. The van der Waals surface area contributed by atoms with E-state index in [-0.39, 0.29) is 12.6 Å². The number of aryl methyl sites for hydroxylation is 1. The van der Waals surface area contributed by atoms with Crippen molar-refractivity contribution in [2.24, 2.45) is 0 Å². The van der Waals surface area contributed by atoms with E-state index >= 15 is 0 Å². The third kappa shape index (κ3) is 6.81. The Morgan fingerprint density at radius 3 is 2.93 bits per heavy atom. The van der Waals surface area contributed by atoms with E-state index in [1.54, 1.807) is 13.0 Å². The van der Waals surface area contributed by atoms with Crippen molar-refractivity contribution in [3.8, 4) is 0 Å². The van der Waals surface area contributed by atoms with Crippen LogP contribution in [0.5, 0.6) is 0 Å². The number of carbonyl (C=O) groups is 1. The molecule has 2 atom stereocenters. The molecule has 2 aromatic rings. The van der Waals surface area contributed by atoms with Crippen molar-refractivity contribution in [2.75, 3.05) is 19.8 Å². The monoisotopic (exact) mass is 431 g/mol. The second-order valence-corrected chi connectivity index (χ2v) is 8.11. The van der Waals surface area contributed by atoms with Gasteiger partial charge >= 0.3 is 5.97 Å². The first-order chi connectivity index (χ1) is 14.5.